The molecule has 4 rings (SSSR count). The van der Waals surface area contributed by atoms with Crippen LogP contribution in [-0.2, 0) is 11.8 Å². The van der Waals surface area contributed by atoms with Gasteiger partial charge in [-0.05, 0) is 44.5 Å². The van der Waals surface area contributed by atoms with E-state index >= 15 is 0 Å². The van der Waals surface area contributed by atoms with Gasteiger partial charge in [-0.25, -0.2) is 4.98 Å². The number of thiazole rings is 1. The number of aromatic nitrogens is 4. The van der Waals surface area contributed by atoms with Gasteiger partial charge in [0.25, 0.3) is 0 Å². The first kappa shape index (κ1) is 24.4. The number of aryl methyl sites for hydroxylation is 2. The van der Waals surface area contributed by atoms with Crippen molar-refractivity contribution >= 4 is 50.1 Å². The summed E-state index contributed by atoms with van der Waals surface area (Å²) in [5, 5.41) is 14.5. The third kappa shape index (κ3) is 5.86. The van der Waals surface area contributed by atoms with Crippen LogP contribution in [-0.4, -0.2) is 31.4 Å². The Hall–Kier alpha value is -2.69. The van der Waals surface area contributed by atoms with Crippen LogP contribution in [0.15, 0.2) is 57.5 Å². The quantitative estimate of drug-likeness (QED) is 0.260. The largest absolute Gasteiger partial charge is 0.482 e. The number of thioether (sulfide) groups is 1. The third-order valence-electron chi connectivity index (χ3n) is 5.09. The van der Waals surface area contributed by atoms with Crippen LogP contribution in [0.25, 0.3) is 11.3 Å². The van der Waals surface area contributed by atoms with Gasteiger partial charge in [0.15, 0.2) is 22.2 Å². The summed E-state index contributed by atoms with van der Waals surface area (Å²) in [5.41, 5.74) is 4.09. The summed E-state index contributed by atoms with van der Waals surface area (Å²) in [5.74, 6) is 1.57. The van der Waals surface area contributed by atoms with Gasteiger partial charge in [-0.15, -0.1) is 21.5 Å². The third-order valence-corrected chi connectivity index (χ3v) is 7.40. The number of halogens is 1. The fraction of sp³-hybridized carbons (Fsp3) is 0.250. The summed E-state index contributed by atoms with van der Waals surface area (Å²) in [6, 6.07) is 14.0. The molecule has 0 radical (unpaired) electrons. The molecule has 0 aliphatic heterocycles. The van der Waals surface area contributed by atoms with E-state index in [-0.39, 0.29) is 17.8 Å². The lowest BCUT2D eigenvalue weighted by Crippen LogP contribution is -2.14. The van der Waals surface area contributed by atoms with Crippen molar-refractivity contribution in [2.75, 3.05) is 11.1 Å². The maximum Gasteiger partial charge on any atom is 0.236 e. The van der Waals surface area contributed by atoms with Crippen LogP contribution in [0.1, 0.15) is 30.0 Å². The lowest BCUT2D eigenvalue weighted by atomic mass is 10.1. The molecule has 176 valence electrons. The second kappa shape index (κ2) is 10.7. The molecule has 34 heavy (non-hydrogen) atoms. The number of nitrogens with one attached hydrogen (secondary N) is 1. The van der Waals surface area contributed by atoms with Gasteiger partial charge in [-0.2, -0.15) is 0 Å². The van der Waals surface area contributed by atoms with Gasteiger partial charge in [0.05, 0.1) is 11.4 Å². The second-order valence-corrected chi connectivity index (χ2v) is 10.5. The second-order valence-electron chi connectivity index (χ2n) is 7.81. The number of nitrogens with zero attached hydrogens (tertiary/aromatic N) is 4. The van der Waals surface area contributed by atoms with Crippen molar-refractivity contribution in [3.63, 3.8) is 0 Å². The molecule has 10 heteroatoms. The minimum absolute atomic E-state index is 0.147. The van der Waals surface area contributed by atoms with Crippen LogP contribution >= 0.6 is 39.0 Å². The molecule has 1 atom stereocenters. The Labute approximate surface area is 215 Å². The van der Waals surface area contributed by atoms with Crippen LogP contribution in [0.4, 0.5) is 5.13 Å². The summed E-state index contributed by atoms with van der Waals surface area (Å²) < 4.78 is 8.98. The minimum Gasteiger partial charge on any atom is -0.482 e. The normalized spacial score (nSPS) is 11.9. The van der Waals surface area contributed by atoms with Crippen LogP contribution in [0.2, 0.25) is 0 Å². The molecule has 2 heterocycles. The van der Waals surface area contributed by atoms with Crippen molar-refractivity contribution in [1.29, 1.82) is 0 Å². The predicted molar refractivity (Wildman–Crippen MR) is 141 cm³/mol. The molecule has 1 unspecified atom stereocenters. The Balaban J connectivity index is 1.33. The smallest absolute Gasteiger partial charge is 0.236 e. The fourth-order valence-electron chi connectivity index (χ4n) is 3.35. The van der Waals surface area contributed by atoms with Gasteiger partial charge in [-0.3, -0.25) is 4.79 Å². The molecular weight excluding hydrogens is 534 g/mol. The number of anilines is 1. The minimum atomic E-state index is -0.283. The van der Waals surface area contributed by atoms with E-state index in [1.165, 1.54) is 28.7 Å². The standard InChI is InChI=1S/C24H24BrN5O2S2/c1-14-5-10-20(15(2)11-14)32-16(3)22-28-29-24(30(22)4)34-13-21(31)27-23-26-19(12-33-23)17-6-8-18(25)9-7-17/h5-12,16H,13H2,1-4H3,(H,26,27,31). The van der Waals surface area contributed by atoms with Crippen molar-refractivity contribution in [3.05, 3.63) is 69.3 Å². The lowest BCUT2D eigenvalue weighted by Gasteiger charge is -2.16. The number of carbonyl (C=O) groups excluding carboxylic acids is 1. The summed E-state index contributed by atoms with van der Waals surface area (Å²) in [6.07, 6.45) is -0.283. The molecule has 2 aromatic carbocycles. The van der Waals surface area contributed by atoms with Crippen LogP contribution in [0.5, 0.6) is 5.75 Å². The SMILES string of the molecule is Cc1ccc(OC(C)c2nnc(SCC(=O)Nc3nc(-c4ccc(Br)cc4)cs3)n2C)c(C)c1. The highest BCUT2D eigenvalue weighted by Crippen LogP contribution is 2.28. The van der Waals surface area contributed by atoms with Gasteiger partial charge >= 0.3 is 0 Å². The van der Waals surface area contributed by atoms with Gasteiger partial charge < -0.3 is 14.6 Å². The van der Waals surface area contributed by atoms with E-state index in [1.54, 1.807) is 0 Å². The van der Waals surface area contributed by atoms with E-state index in [0.29, 0.717) is 16.1 Å². The number of amides is 1. The first-order valence-electron chi connectivity index (χ1n) is 10.6. The Morgan fingerprint density at radius 2 is 1.97 bits per heavy atom. The van der Waals surface area contributed by atoms with Crippen molar-refractivity contribution in [3.8, 4) is 17.0 Å². The maximum absolute atomic E-state index is 12.5. The summed E-state index contributed by atoms with van der Waals surface area (Å²) >= 11 is 6.15. The zero-order chi connectivity index (χ0) is 24.2. The van der Waals surface area contributed by atoms with Crippen molar-refractivity contribution in [2.45, 2.75) is 32.0 Å². The van der Waals surface area contributed by atoms with E-state index in [1.807, 2.05) is 67.2 Å². The average molecular weight is 559 g/mol. The van der Waals surface area contributed by atoms with Crippen molar-refractivity contribution in [2.24, 2.45) is 7.05 Å². The summed E-state index contributed by atoms with van der Waals surface area (Å²) in [4.78, 5) is 17.0. The molecule has 0 saturated heterocycles. The van der Waals surface area contributed by atoms with Crippen LogP contribution < -0.4 is 10.1 Å². The molecule has 7 nitrogen and oxygen atoms in total. The molecule has 0 saturated carbocycles. The fourth-order valence-corrected chi connectivity index (χ4v) is 5.07. The molecule has 4 aromatic rings. The van der Waals surface area contributed by atoms with Crippen molar-refractivity contribution in [1.82, 2.24) is 19.7 Å². The average Bonchev–Trinajstić information content (AvgIpc) is 3.41. The molecule has 0 aliphatic carbocycles. The van der Waals surface area contributed by atoms with Crippen LogP contribution in [0, 0.1) is 13.8 Å². The molecule has 1 amide bonds. The van der Waals surface area contributed by atoms with E-state index < -0.39 is 0 Å². The van der Waals surface area contributed by atoms with Crippen LogP contribution in [0.3, 0.4) is 0 Å². The molecule has 0 fully saturated rings. The Morgan fingerprint density at radius 3 is 2.71 bits per heavy atom. The summed E-state index contributed by atoms with van der Waals surface area (Å²) in [6.45, 7) is 6.02. The van der Waals surface area contributed by atoms with Gasteiger partial charge in [-0.1, -0.05) is 57.5 Å². The molecule has 0 spiro atoms. The zero-order valence-electron chi connectivity index (χ0n) is 19.2. The molecular formula is C24H24BrN5O2S2. The number of benzene rings is 2. The number of hydrogen-bond donors (Lipinski definition) is 1. The van der Waals surface area contributed by atoms with E-state index in [0.717, 1.165) is 27.0 Å². The first-order valence-corrected chi connectivity index (χ1v) is 13.2. The molecule has 2 aromatic heterocycles. The maximum atomic E-state index is 12.5. The molecule has 0 aliphatic rings. The monoisotopic (exact) mass is 557 g/mol. The number of ether oxygens (including phenoxy) is 1. The van der Waals surface area contributed by atoms with Gasteiger partial charge in [0.1, 0.15) is 5.75 Å². The van der Waals surface area contributed by atoms with Gasteiger partial charge in [0, 0.05) is 22.5 Å². The number of hydrogen-bond acceptors (Lipinski definition) is 7. The number of rotatable bonds is 8. The highest BCUT2D eigenvalue weighted by molar-refractivity contribution is 9.10. The lowest BCUT2D eigenvalue weighted by molar-refractivity contribution is -0.113. The van der Waals surface area contributed by atoms with E-state index in [2.05, 4.69) is 49.4 Å². The predicted octanol–water partition coefficient (Wildman–Crippen LogP) is 6.19. The topological polar surface area (TPSA) is 81.9 Å². The Morgan fingerprint density at radius 1 is 1.21 bits per heavy atom. The molecule has 1 N–H and O–H groups in total. The number of carbonyl (C=O) groups is 1. The Bertz CT molecular complexity index is 1300. The van der Waals surface area contributed by atoms with E-state index in [9.17, 15) is 4.79 Å². The zero-order valence-corrected chi connectivity index (χ0v) is 22.4. The summed E-state index contributed by atoms with van der Waals surface area (Å²) in [7, 11) is 1.88. The first-order chi connectivity index (χ1) is 16.3. The molecule has 0 bridgehead atoms. The highest BCUT2D eigenvalue weighted by Gasteiger charge is 2.19. The Kier molecular flexibility index (Phi) is 7.70. The van der Waals surface area contributed by atoms with Gasteiger partial charge in [0.2, 0.25) is 5.91 Å². The van der Waals surface area contributed by atoms with Crippen molar-refractivity contribution < 1.29 is 9.53 Å². The van der Waals surface area contributed by atoms with E-state index in [4.69, 9.17) is 4.74 Å². The highest BCUT2D eigenvalue weighted by atomic mass is 79.9.